The second kappa shape index (κ2) is 14.1. The summed E-state index contributed by atoms with van der Waals surface area (Å²) in [6.07, 6.45) is 8.49. The van der Waals surface area contributed by atoms with E-state index >= 15 is 0 Å². The quantitative estimate of drug-likeness (QED) is 0.168. The number of para-hydroxylation sites is 5. The van der Waals surface area contributed by atoms with Crippen molar-refractivity contribution in [1.82, 2.24) is 24.1 Å². The minimum Gasteiger partial charge on any atom is -0.453 e. The smallest absolute Gasteiger partial charge is 0.164 e. The number of allylic oxidation sites excluding steroid dienone is 4. The second-order valence-electron chi connectivity index (χ2n) is 16.2. The summed E-state index contributed by atoms with van der Waals surface area (Å²) < 4.78 is 12.1. The van der Waals surface area contributed by atoms with E-state index in [0.29, 0.717) is 17.5 Å². The minimum atomic E-state index is 0.588. The summed E-state index contributed by atoms with van der Waals surface area (Å²) in [4.78, 5) is 15.6. The third-order valence-corrected chi connectivity index (χ3v) is 12.6. The number of hydrogen-bond acceptors (Lipinski definition) is 4. The van der Waals surface area contributed by atoms with Gasteiger partial charge in [0.25, 0.3) is 0 Å². The van der Waals surface area contributed by atoms with Crippen LogP contribution in [-0.4, -0.2) is 24.1 Å². The lowest BCUT2D eigenvalue weighted by atomic mass is 9.94. The van der Waals surface area contributed by atoms with Crippen molar-refractivity contribution in [3.05, 3.63) is 206 Å². The molecule has 0 aliphatic heterocycles. The molecule has 0 spiro atoms. The first kappa shape index (κ1) is 35.4. The van der Waals surface area contributed by atoms with Crippen LogP contribution in [-0.2, 0) is 0 Å². The Balaban J connectivity index is 1.13. The van der Waals surface area contributed by atoms with Gasteiger partial charge in [0, 0.05) is 60.3 Å². The first-order chi connectivity index (χ1) is 31.3. The lowest BCUT2D eigenvalue weighted by molar-refractivity contribution is 0.667. The van der Waals surface area contributed by atoms with Crippen molar-refractivity contribution in [3.63, 3.8) is 0 Å². The summed E-state index contributed by atoms with van der Waals surface area (Å²) in [5.74, 6) is 1.87. The molecular weight excluding hydrogens is 771 g/mol. The third kappa shape index (κ3) is 5.55. The fourth-order valence-electron chi connectivity index (χ4n) is 9.78. The largest absolute Gasteiger partial charge is 0.453 e. The Hall–Kier alpha value is -8.35. The van der Waals surface area contributed by atoms with E-state index in [1.807, 2.05) is 18.2 Å². The Morgan fingerprint density at radius 2 is 1.02 bits per heavy atom. The summed E-state index contributed by atoms with van der Waals surface area (Å²) in [5, 5.41) is 6.79. The van der Waals surface area contributed by atoms with Gasteiger partial charge in [0.05, 0.1) is 27.8 Å². The summed E-state index contributed by atoms with van der Waals surface area (Å²) in [6.45, 7) is 0. The number of furan rings is 1. The molecular formula is C57H37N5O. The van der Waals surface area contributed by atoms with Crippen molar-refractivity contribution in [3.8, 4) is 45.3 Å². The molecule has 0 radical (unpaired) electrons. The summed E-state index contributed by atoms with van der Waals surface area (Å²) >= 11 is 0. The van der Waals surface area contributed by atoms with Crippen LogP contribution in [0.25, 0.3) is 116 Å². The number of rotatable bonds is 6. The monoisotopic (exact) mass is 807 g/mol. The predicted molar refractivity (Wildman–Crippen MR) is 258 cm³/mol. The minimum absolute atomic E-state index is 0.588. The van der Waals surface area contributed by atoms with E-state index in [4.69, 9.17) is 19.4 Å². The van der Waals surface area contributed by atoms with Crippen molar-refractivity contribution in [2.24, 2.45) is 0 Å². The number of hydrogen-bond donors (Lipinski definition) is 0. The van der Waals surface area contributed by atoms with Gasteiger partial charge in [-0.3, -0.25) is 0 Å². The van der Waals surface area contributed by atoms with Crippen LogP contribution >= 0.6 is 0 Å². The molecule has 8 aromatic carbocycles. The van der Waals surface area contributed by atoms with Gasteiger partial charge in [0.2, 0.25) is 0 Å². The topological polar surface area (TPSA) is 61.7 Å². The Morgan fingerprint density at radius 3 is 1.75 bits per heavy atom. The zero-order chi connectivity index (χ0) is 41.4. The van der Waals surface area contributed by atoms with Crippen LogP contribution in [0.5, 0.6) is 0 Å². The first-order valence-electron chi connectivity index (χ1n) is 21.5. The van der Waals surface area contributed by atoms with E-state index in [2.05, 4.69) is 191 Å². The molecule has 6 nitrogen and oxygen atoms in total. The van der Waals surface area contributed by atoms with E-state index < -0.39 is 0 Å². The Bertz CT molecular complexity index is 3800. The maximum Gasteiger partial charge on any atom is 0.164 e. The molecule has 296 valence electrons. The van der Waals surface area contributed by atoms with Gasteiger partial charge in [-0.2, -0.15) is 0 Å². The van der Waals surface area contributed by atoms with Crippen LogP contribution < -0.4 is 0 Å². The summed E-state index contributed by atoms with van der Waals surface area (Å²) in [6, 6.07) is 64.3. The normalized spacial score (nSPS) is 13.0. The summed E-state index contributed by atoms with van der Waals surface area (Å²) in [5.41, 5.74) is 13.0. The molecule has 6 heteroatoms. The van der Waals surface area contributed by atoms with Crippen LogP contribution in [0, 0.1) is 0 Å². The fraction of sp³-hybridized carbons (Fsp3) is 0.0351. The molecule has 1 aliphatic rings. The maximum absolute atomic E-state index is 7.37. The van der Waals surface area contributed by atoms with Gasteiger partial charge in [-0.05, 0) is 79.1 Å². The molecule has 4 aromatic heterocycles. The lowest BCUT2D eigenvalue weighted by Gasteiger charge is -2.14. The zero-order valence-electron chi connectivity index (χ0n) is 34.1. The maximum atomic E-state index is 7.37. The number of benzene rings is 8. The molecule has 0 saturated carbocycles. The van der Waals surface area contributed by atoms with Crippen LogP contribution in [0.15, 0.2) is 205 Å². The molecule has 0 N–H and O–H groups in total. The fourth-order valence-corrected chi connectivity index (χ4v) is 9.78. The third-order valence-electron chi connectivity index (χ3n) is 12.6. The highest BCUT2D eigenvalue weighted by molar-refractivity contribution is 6.17. The highest BCUT2D eigenvalue weighted by Gasteiger charge is 2.25. The lowest BCUT2D eigenvalue weighted by Crippen LogP contribution is -2.04. The van der Waals surface area contributed by atoms with Gasteiger partial charge in [0.15, 0.2) is 23.1 Å². The molecule has 0 saturated heterocycles. The van der Waals surface area contributed by atoms with E-state index in [-0.39, 0.29) is 0 Å². The van der Waals surface area contributed by atoms with Crippen LogP contribution in [0.1, 0.15) is 18.7 Å². The average Bonchev–Trinajstić information content (AvgIpc) is 4.02. The molecule has 0 unspecified atom stereocenters. The van der Waals surface area contributed by atoms with Crippen molar-refractivity contribution in [1.29, 1.82) is 0 Å². The van der Waals surface area contributed by atoms with E-state index in [1.165, 1.54) is 16.2 Å². The highest BCUT2D eigenvalue weighted by Crippen LogP contribution is 2.46. The van der Waals surface area contributed by atoms with E-state index in [9.17, 15) is 0 Å². The molecule has 4 heterocycles. The van der Waals surface area contributed by atoms with Gasteiger partial charge in [0.1, 0.15) is 5.58 Å². The molecule has 1 aliphatic carbocycles. The molecule has 12 aromatic rings. The van der Waals surface area contributed by atoms with Crippen LogP contribution in [0.3, 0.4) is 0 Å². The summed E-state index contributed by atoms with van der Waals surface area (Å²) in [7, 11) is 0. The van der Waals surface area contributed by atoms with Crippen molar-refractivity contribution in [2.45, 2.75) is 12.8 Å². The van der Waals surface area contributed by atoms with Gasteiger partial charge < -0.3 is 13.6 Å². The molecule has 13 rings (SSSR count). The Labute approximate surface area is 362 Å². The average molecular weight is 808 g/mol. The Kier molecular flexibility index (Phi) is 7.93. The second-order valence-corrected chi connectivity index (χ2v) is 16.2. The van der Waals surface area contributed by atoms with Crippen molar-refractivity contribution in [2.75, 3.05) is 0 Å². The van der Waals surface area contributed by atoms with Crippen LogP contribution in [0.2, 0.25) is 0 Å². The van der Waals surface area contributed by atoms with Gasteiger partial charge in [-0.25, -0.2) is 15.0 Å². The number of aromatic nitrogens is 5. The molecule has 0 amide bonds. The Morgan fingerprint density at radius 1 is 0.413 bits per heavy atom. The SMILES string of the molecule is C1=CC(c2nc(-c3ccccc3)nc(-c3ccc4c(oc5c(-n6c7ccccc7c7ccccc76)cccc54)c3-c3ccc4c(c3)c3ccccc3n4-c3ccccc3)n2)=CCC1. The molecule has 0 bridgehead atoms. The standard InChI is InChI=1S/C57H37N5O/c1-4-17-36(18-5-1)55-58-56(37-19-6-2-7-20-37)60-57(59-55)45-33-32-44-43-26-16-30-51(62-48-28-14-10-23-40(48)41-24-11-15-29-49(41)62)53(43)63-54(44)52(45)38-31-34-50-46(35-38)42-25-12-13-27-47(42)61(50)39-21-8-3-9-22-39/h1,3-6,8-35H,2,7H2. The van der Waals surface area contributed by atoms with Gasteiger partial charge in [-0.1, -0.05) is 140 Å². The van der Waals surface area contributed by atoms with Gasteiger partial charge in [-0.15, -0.1) is 0 Å². The van der Waals surface area contributed by atoms with Gasteiger partial charge >= 0.3 is 0 Å². The van der Waals surface area contributed by atoms with Crippen molar-refractivity contribution >= 4 is 71.1 Å². The molecule has 0 fully saturated rings. The number of nitrogens with zero attached hydrogens (tertiary/aromatic N) is 5. The zero-order valence-corrected chi connectivity index (χ0v) is 34.1. The van der Waals surface area contributed by atoms with Crippen molar-refractivity contribution < 1.29 is 4.42 Å². The molecule has 63 heavy (non-hydrogen) atoms. The number of fused-ring (bicyclic) bond motifs is 9. The highest BCUT2D eigenvalue weighted by atomic mass is 16.3. The van der Waals surface area contributed by atoms with E-state index in [0.717, 1.165) is 101 Å². The first-order valence-corrected chi connectivity index (χ1v) is 21.5. The predicted octanol–water partition coefficient (Wildman–Crippen LogP) is 14.7. The van der Waals surface area contributed by atoms with Crippen LogP contribution in [0.4, 0.5) is 0 Å². The van der Waals surface area contributed by atoms with E-state index in [1.54, 1.807) is 0 Å². The molecule has 0 atom stereocenters.